The highest BCUT2D eigenvalue weighted by atomic mass is 16.6. The Kier molecular flexibility index (Phi) is 4.31. The summed E-state index contributed by atoms with van der Waals surface area (Å²) in [5, 5.41) is 2.46. The van der Waals surface area contributed by atoms with Gasteiger partial charge in [0, 0.05) is 6.42 Å². The molecule has 2 atom stereocenters. The molecule has 106 valence electrons. The lowest BCUT2D eigenvalue weighted by molar-refractivity contribution is -0.152. The minimum atomic E-state index is -0.932. The smallest absolute Gasteiger partial charge is 0.258 e. The van der Waals surface area contributed by atoms with E-state index < -0.39 is 29.7 Å². The summed E-state index contributed by atoms with van der Waals surface area (Å²) < 4.78 is 0. The SMILES string of the molecule is NC(=O)CC1NC(=O)C1C(=O)NOCc1ccccc1. The van der Waals surface area contributed by atoms with Gasteiger partial charge >= 0.3 is 0 Å². The Labute approximate surface area is 115 Å². The van der Waals surface area contributed by atoms with Crippen molar-refractivity contribution in [1.82, 2.24) is 10.8 Å². The molecule has 0 bridgehead atoms. The summed E-state index contributed by atoms with van der Waals surface area (Å²) in [6, 6.07) is 8.71. The molecule has 1 fully saturated rings. The first-order chi connectivity index (χ1) is 9.58. The highest BCUT2D eigenvalue weighted by molar-refractivity contribution is 6.06. The standard InChI is InChI=1S/C13H15N3O4/c14-10(17)6-9-11(12(18)15-9)13(19)16-20-7-8-4-2-1-3-5-8/h1-5,9,11H,6-7H2,(H2,14,17)(H,15,18)(H,16,19). The van der Waals surface area contributed by atoms with Crippen molar-refractivity contribution in [2.24, 2.45) is 11.7 Å². The summed E-state index contributed by atoms with van der Waals surface area (Å²) in [7, 11) is 0. The van der Waals surface area contributed by atoms with E-state index in [1.54, 1.807) is 0 Å². The molecule has 0 radical (unpaired) electrons. The molecule has 1 aromatic carbocycles. The van der Waals surface area contributed by atoms with Crippen LogP contribution in [0.4, 0.5) is 0 Å². The average molecular weight is 277 g/mol. The van der Waals surface area contributed by atoms with E-state index in [1.165, 1.54) is 0 Å². The first kappa shape index (κ1) is 14.0. The van der Waals surface area contributed by atoms with Crippen LogP contribution in [0, 0.1) is 5.92 Å². The molecular weight excluding hydrogens is 262 g/mol. The molecule has 1 aliphatic rings. The number of carbonyl (C=O) groups is 3. The number of carbonyl (C=O) groups excluding carboxylic acids is 3. The van der Waals surface area contributed by atoms with Gasteiger partial charge in [0.2, 0.25) is 11.8 Å². The maximum atomic E-state index is 11.8. The van der Waals surface area contributed by atoms with Crippen LogP contribution in [0.25, 0.3) is 0 Å². The van der Waals surface area contributed by atoms with Crippen molar-refractivity contribution in [3.8, 4) is 0 Å². The Morgan fingerprint density at radius 1 is 1.30 bits per heavy atom. The van der Waals surface area contributed by atoms with Crippen LogP contribution >= 0.6 is 0 Å². The van der Waals surface area contributed by atoms with Gasteiger partial charge in [0.25, 0.3) is 5.91 Å². The van der Waals surface area contributed by atoms with E-state index in [0.29, 0.717) is 0 Å². The van der Waals surface area contributed by atoms with Crippen LogP contribution < -0.4 is 16.5 Å². The van der Waals surface area contributed by atoms with Crippen molar-refractivity contribution in [3.63, 3.8) is 0 Å². The number of amides is 3. The number of nitrogens with one attached hydrogen (secondary N) is 2. The first-order valence-corrected chi connectivity index (χ1v) is 6.12. The van der Waals surface area contributed by atoms with Crippen LogP contribution in [-0.4, -0.2) is 23.8 Å². The number of hydrogen-bond donors (Lipinski definition) is 3. The van der Waals surface area contributed by atoms with Crippen molar-refractivity contribution in [3.05, 3.63) is 35.9 Å². The van der Waals surface area contributed by atoms with Gasteiger partial charge < -0.3 is 11.1 Å². The molecule has 4 N–H and O–H groups in total. The first-order valence-electron chi connectivity index (χ1n) is 6.12. The van der Waals surface area contributed by atoms with E-state index in [2.05, 4.69) is 10.8 Å². The van der Waals surface area contributed by atoms with Gasteiger partial charge in [0.15, 0.2) is 0 Å². The molecule has 1 saturated heterocycles. The monoisotopic (exact) mass is 277 g/mol. The Morgan fingerprint density at radius 3 is 2.60 bits per heavy atom. The number of nitrogens with two attached hydrogens (primary N) is 1. The van der Waals surface area contributed by atoms with Crippen LogP contribution in [0.5, 0.6) is 0 Å². The topological polar surface area (TPSA) is 111 Å². The van der Waals surface area contributed by atoms with Gasteiger partial charge in [0.1, 0.15) is 5.92 Å². The van der Waals surface area contributed by atoms with E-state index in [0.717, 1.165) is 5.56 Å². The van der Waals surface area contributed by atoms with Crippen molar-refractivity contribution < 1.29 is 19.2 Å². The molecule has 0 spiro atoms. The number of hydrogen-bond acceptors (Lipinski definition) is 4. The van der Waals surface area contributed by atoms with E-state index in [-0.39, 0.29) is 13.0 Å². The van der Waals surface area contributed by atoms with Gasteiger partial charge in [-0.2, -0.15) is 0 Å². The largest absolute Gasteiger partial charge is 0.370 e. The second-order valence-corrected chi connectivity index (χ2v) is 4.50. The van der Waals surface area contributed by atoms with E-state index in [1.807, 2.05) is 30.3 Å². The highest BCUT2D eigenvalue weighted by Crippen LogP contribution is 2.18. The molecule has 1 heterocycles. The Morgan fingerprint density at radius 2 is 2.00 bits per heavy atom. The molecular formula is C13H15N3O4. The normalized spacial score (nSPS) is 20.7. The van der Waals surface area contributed by atoms with Crippen LogP contribution in [0.15, 0.2) is 30.3 Å². The Hall–Kier alpha value is -2.41. The number of primary amides is 1. The molecule has 3 amide bonds. The number of β-lactam (4-membered cyclic amide) rings is 1. The van der Waals surface area contributed by atoms with E-state index in [4.69, 9.17) is 10.6 Å². The molecule has 0 aromatic heterocycles. The predicted octanol–water partition coefficient (Wildman–Crippen LogP) is -0.776. The summed E-state index contributed by atoms with van der Waals surface area (Å²) in [4.78, 5) is 38.9. The summed E-state index contributed by atoms with van der Waals surface area (Å²) >= 11 is 0. The van der Waals surface area contributed by atoms with Crippen LogP contribution in [0.2, 0.25) is 0 Å². The molecule has 2 rings (SSSR count). The second kappa shape index (κ2) is 6.16. The lowest BCUT2D eigenvalue weighted by atomic mass is 9.87. The predicted molar refractivity (Wildman–Crippen MR) is 68.6 cm³/mol. The minimum Gasteiger partial charge on any atom is -0.370 e. The minimum absolute atomic E-state index is 0.0670. The maximum absolute atomic E-state index is 11.8. The van der Waals surface area contributed by atoms with Gasteiger partial charge in [-0.05, 0) is 5.56 Å². The van der Waals surface area contributed by atoms with Crippen LogP contribution in [-0.2, 0) is 25.8 Å². The molecule has 2 unspecified atom stereocenters. The zero-order valence-corrected chi connectivity index (χ0v) is 10.7. The quantitative estimate of drug-likeness (QED) is 0.360. The van der Waals surface area contributed by atoms with Crippen molar-refractivity contribution in [1.29, 1.82) is 0 Å². The van der Waals surface area contributed by atoms with Crippen LogP contribution in [0.1, 0.15) is 12.0 Å². The molecule has 0 saturated carbocycles. The fourth-order valence-corrected chi connectivity index (χ4v) is 1.96. The van der Waals surface area contributed by atoms with Gasteiger partial charge in [0.05, 0.1) is 12.6 Å². The fourth-order valence-electron chi connectivity index (χ4n) is 1.96. The molecule has 1 aromatic rings. The fraction of sp³-hybridized carbons (Fsp3) is 0.308. The summed E-state index contributed by atoms with van der Waals surface area (Å²) in [5.74, 6) is -2.51. The third-order valence-corrected chi connectivity index (χ3v) is 2.97. The maximum Gasteiger partial charge on any atom is 0.258 e. The third-order valence-electron chi connectivity index (χ3n) is 2.97. The van der Waals surface area contributed by atoms with Crippen LogP contribution in [0.3, 0.4) is 0 Å². The van der Waals surface area contributed by atoms with Gasteiger partial charge in [-0.15, -0.1) is 0 Å². The Bertz CT molecular complexity index is 518. The zero-order chi connectivity index (χ0) is 14.5. The second-order valence-electron chi connectivity index (χ2n) is 4.50. The molecule has 1 aliphatic heterocycles. The van der Waals surface area contributed by atoms with Crippen molar-refractivity contribution >= 4 is 17.7 Å². The highest BCUT2D eigenvalue weighted by Gasteiger charge is 2.45. The third kappa shape index (κ3) is 3.33. The summed E-state index contributed by atoms with van der Waals surface area (Å²) in [6.45, 7) is 0.196. The van der Waals surface area contributed by atoms with E-state index in [9.17, 15) is 14.4 Å². The lowest BCUT2D eigenvalue weighted by Gasteiger charge is -2.34. The molecule has 7 heteroatoms. The van der Waals surface area contributed by atoms with Gasteiger partial charge in [-0.1, -0.05) is 30.3 Å². The summed E-state index contributed by atoms with van der Waals surface area (Å²) in [6.07, 6.45) is -0.0670. The van der Waals surface area contributed by atoms with E-state index >= 15 is 0 Å². The number of benzene rings is 1. The lowest BCUT2D eigenvalue weighted by Crippen LogP contribution is -2.64. The van der Waals surface area contributed by atoms with Gasteiger partial charge in [-0.25, -0.2) is 5.48 Å². The Balaban J connectivity index is 1.79. The molecule has 7 nitrogen and oxygen atoms in total. The number of hydroxylamine groups is 1. The zero-order valence-electron chi connectivity index (χ0n) is 10.7. The van der Waals surface area contributed by atoms with Crippen molar-refractivity contribution in [2.75, 3.05) is 0 Å². The van der Waals surface area contributed by atoms with Gasteiger partial charge in [-0.3, -0.25) is 19.2 Å². The molecule has 0 aliphatic carbocycles. The number of rotatable bonds is 6. The van der Waals surface area contributed by atoms with Crippen molar-refractivity contribution in [2.45, 2.75) is 19.1 Å². The molecule has 20 heavy (non-hydrogen) atoms. The summed E-state index contributed by atoms with van der Waals surface area (Å²) in [5.41, 5.74) is 8.14. The average Bonchev–Trinajstić information content (AvgIpc) is 2.38.